The van der Waals surface area contributed by atoms with Crippen molar-refractivity contribution in [3.8, 4) is 0 Å². The number of hydrogen-bond donors (Lipinski definition) is 1. The third-order valence-corrected chi connectivity index (χ3v) is 13.4. The van der Waals surface area contributed by atoms with Gasteiger partial charge in [0.1, 0.15) is 5.60 Å². The van der Waals surface area contributed by atoms with Crippen molar-refractivity contribution < 1.29 is 19.4 Å². The first-order valence-corrected chi connectivity index (χ1v) is 17.5. The minimum atomic E-state index is -0.582. The molecule has 1 spiro atoms. The lowest BCUT2D eigenvalue weighted by atomic mass is 9.45. The maximum Gasteiger partial charge on any atom is 0.410 e. The molecule has 1 heterocycles. The van der Waals surface area contributed by atoms with E-state index in [1.165, 1.54) is 24.8 Å². The quantitative estimate of drug-likeness (QED) is 0.279. The average molecular weight is 610 g/mol. The first-order chi connectivity index (χ1) is 21.5. The summed E-state index contributed by atoms with van der Waals surface area (Å²) in [7, 11) is 0. The van der Waals surface area contributed by atoms with Gasteiger partial charge in [-0.05, 0) is 117 Å². The number of carbonyl (C=O) groups excluding carboxylic acids is 2. The van der Waals surface area contributed by atoms with E-state index < -0.39 is 11.7 Å². The monoisotopic (exact) mass is 609 g/mol. The van der Waals surface area contributed by atoms with Crippen molar-refractivity contribution >= 4 is 11.9 Å². The van der Waals surface area contributed by atoms with Crippen LogP contribution in [0.4, 0.5) is 4.79 Å². The van der Waals surface area contributed by atoms with Crippen LogP contribution < -0.4 is 0 Å². The summed E-state index contributed by atoms with van der Waals surface area (Å²) >= 11 is 0. The molecule has 2 aromatic carbocycles. The fourth-order valence-electron chi connectivity index (χ4n) is 10.3. The molecule has 0 aromatic heterocycles. The molecule has 5 fully saturated rings. The number of allylic oxidation sites excluding steroid dienone is 2. The predicted octanol–water partition coefficient (Wildman–Crippen LogP) is 8.49. The van der Waals surface area contributed by atoms with Crippen LogP contribution in [-0.2, 0) is 11.2 Å². The van der Waals surface area contributed by atoms with E-state index in [0.29, 0.717) is 42.2 Å². The summed E-state index contributed by atoms with van der Waals surface area (Å²) in [6.07, 6.45) is 11.0. The second-order valence-electron chi connectivity index (χ2n) is 16.1. The molecule has 4 bridgehead atoms. The number of benzene rings is 2. The van der Waals surface area contributed by atoms with Gasteiger partial charge in [0.15, 0.2) is 5.78 Å². The molecule has 1 N–H and O–H groups in total. The van der Waals surface area contributed by atoms with Gasteiger partial charge in [-0.3, -0.25) is 4.79 Å². The van der Waals surface area contributed by atoms with E-state index in [2.05, 4.69) is 50.8 Å². The van der Waals surface area contributed by atoms with Crippen LogP contribution in [0.1, 0.15) is 118 Å². The highest BCUT2D eigenvalue weighted by Crippen LogP contribution is 2.64. The molecule has 0 unspecified atom stereocenters. The van der Waals surface area contributed by atoms with E-state index in [9.17, 15) is 14.7 Å². The zero-order valence-electron chi connectivity index (χ0n) is 27.7. The van der Waals surface area contributed by atoms with Crippen molar-refractivity contribution in [2.45, 2.75) is 110 Å². The smallest absolute Gasteiger partial charge is 0.410 e. The molecule has 2 aromatic rings. The summed E-state index contributed by atoms with van der Waals surface area (Å²) in [4.78, 5) is 30.0. The molecule has 7 atom stereocenters. The Bertz CT molecular complexity index is 1490. The van der Waals surface area contributed by atoms with Crippen LogP contribution in [-0.4, -0.2) is 46.7 Å². The Morgan fingerprint density at radius 2 is 1.82 bits per heavy atom. The highest BCUT2D eigenvalue weighted by atomic mass is 16.6. The van der Waals surface area contributed by atoms with Crippen molar-refractivity contribution in [2.75, 3.05) is 13.1 Å². The molecule has 6 aliphatic carbocycles. The number of rotatable bonds is 4. The summed E-state index contributed by atoms with van der Waals surface area (Å²) in [6.45, 7) is 10.8. The van der Waals surface area contributed by atoms with E-state index in [1.54, 1.807) is 0 Å². The topological polar surface area (TPSA) is 66.8 Å². The van der Waals surface area contributed by atoms with Crippen LogP contribution in [0.15, 0.2) is 60.2 Å². The Kier molecular flexibility index (Phi) is 7.78. The Morgan fingerprint density at radius 3 is 2.58 bits per heavy atom. The third kappa shape index (κ3) is 5.18. The van der Waals surface area contributed by atoms with Crippen molar-refractivity contribution in [1.82, 2.24) is 4.90 Å². The minimum Gasteiger partial charge on any atom is -0.440 e. The van der Waals surface area contributed by atoms with Gasteiger partial charge in [-0.2, -0.15) is 0 Å². The minimum absolute atomic E-state index is 0.0248. The van der Waals surface area contributed by atoms with Gasteiger partial charge in [-0.25, -0.2) is 4.79 Å². The summed E-state index contributed by atoms with van der Waals surface area (Å²) < 4.78 is 6.62. The predicted molar refractivity (Wildman–Crippen MR) is 177 cm³/mol. The van der Waals surface area contributed by atoms with E-state index in [1.807, 2.05) is 36.4 Å². The standard InChI is InChI=1S/C40H51NO4/c1-26-9-8-19-39(4)34(18-20-40(39)25-41(37(44)45-40)24-29-14-15-30-23-35(29)38(30,2)3)32-17-13-27(21-31(42)16-12-26)22-33(32)36(43)28-10-6-5-7-11-28/h5-7,9-11,13,17,22,29-31,34-35,42H,8,12,14-16,18-21,23-25H2,1-4H3/t29-,30-,31-,34-,35-,39-,40+/m0/s1. The van der Waals surface area contributed by atoms with Crippen molar-refractivity contribution in [3.05, 3.63) is 82.4 Å². The number of aliphatic hydroxyl groups excluding tert-OH is 1. The number of nitrogens with zero attached hydrogens (tertiary/aromatic N) is 1. The molecule has 7 aliphatic rings. The molecule has 1 saturated heterocycles. The van der Waals surface area contributed by atoms with Gasteiger partial charge in [0.2, 0.25) is 0 Å². The van der Waals surface area contributed by atoms with Crippen LogP contribution in [0, 0.1) is 28.6 Å². The molecule has 5 nitrogen and oxygen atoms in total. The first-order valence-electron chi connectivity index (χ1n) is 17.5. The molecule has 45 heavy (non-hydrogen) atoms. The largest absolute Gasteiger partial charge is 0.440 e. The SMILES string of the molecule is CC1=CCC[C@@]2(C)[C@@H](CC[C@@]23CN(C[C@@H]2CC[C@H]4C[C@@H]2C4(C)C)C(=O)O3)c2ccc(cc2C(=O)c2ccccc2)C[C@@H](O)CC1. The molecule has 1 amide bonds. The number of ether oxygens (including phenoxy) is 1. The lowest BCUT2D eigenvalue weighted by Crippen LogP contribution is -2.55. The second kappa shape index (κ2) is 11.4. The van der Waals surface area contributed by atoms with E-state index in [-0.39, 0.29) is 23.2 Å². The summed E-state index contributed by atoms with van der Waals surface area (Å²) in [5, 5.41) is 10.9. The summed E-state index contributed by atoms with van der Waals surface area (Å²) in [5.41, 5.74) is 4.23. The van der Waals surface area contributed by atoms with Crippen LogP contribution in [0.25, 0.3) is 0 Å². The fraction of sp³-hybridized carbons (Fsp3) is 0.600. The van der Waals surface area contributed by atoms with Crippen molar-refractivity contribution in [3.63, 3.8) is 0 Å². The summed E-state index contributed by atoms with van der Waals surface area (Å²) in [6, 6.07) is 15.9. The number of hydrogen-bond acceptors (Lipinski definition) is 4. The van der Waals surface area contributed by atoms with Gasteiger partial charge in [0, 0.05) is 23.1 Å². The molecular weight excluding hydrogens is 558 g/mol. The van der Waals surface area contributed by atoms with Crippen LogP contribution in [0.2, 0.25) is 0 Å². The highest BCUT2D eigenvalue weighted by Gasteiger charge is 2.64. The van der Waals surface area contributed by atoms with E-state index in [0.717, 1.165) is 61.3 Å². The average Bonchev–Trinajstić information content (AvgIpc) is 3.49. The van der Waals surface area contributed by atoms with Gasteiger partial charge >= 0.3 is 6.09 Å². The van der Waals surface area contributed by atoms with Crippen LogP contribution >= 0.6 is 0 Å². The second-order valence-corrected chi connectivity index (χ2v) is 16.1. The van der Waals surface area contributed by atoms with Gasteiger partial charge in [0.05, 0.1) is 12.6 Å². The Labute approximate surface area is 269 Å². The normalized spacial score (nSPS) is 35.8. The molecule has 0 radical (unpaired) electrons. The molecule has 9 rings (SSSR count). The van der Waals surface area contributed by atoms with Gasteiger partial charge < -0.3 is 14.7 Å². The molecule has 4 saturated carbocycles. The summed E-state index contributed by atoms with van der Waals surface area (Å²) in [5.74, 6) is 2.18. The zero-order chi connectivity index (χ0) is 31.6. The maximum atomic E-state index is 14.2. The van der Waals surface area contributed by atoms with Crippen LogP contribution in [0.5, 0.6) is 0 Å². The molecular formula is C40H51NO4. The molecule has 1 aliphatic heterocycles. The lowest BCUT2D eigenvalue weighted by molar-refractivity contribution is -0.109. The molecule has 5 heteroatoms. The van der Waals surface area contributed by atoms with Crippen LogP contribution in [0.3, 0.4) is 0 Å². The third-order valence-electron chi connectivity index (χ3n) is 13.4. The number of fused-ring (bicyclic) bond motifs is 10. The van der Waals surface area contributed by atoms with Crippen molar-refractivity contribution in [1.29, 1.82) is 0 Å². The molecule has 240 valence electrons. The van der Waals surface area contributed by atoms with E-state index >= 15 is 0 Å². The Hall–Kier alpha value is -2.92. The van der Waals surface area contributed by atoms with Crippen molar-refractivity contribution in [2.24, 2.45) is 28.6 Å². The zero-order valence-corrected chi connectivity index (χ0v) is 27.7. The maximum absolute atomic E-state index is 14.2. The first kappa shape index (κ1) is 30.7. The highest BCUT2D eigenvalue weighted by molar-refractivity contribution is 6.10. The van der Waals surface area contributed by atoms with Gasteiger partial charge in [-0.15, -0.1) is 0 Å². The fourth-order valence-corrected chi connectivity index (χ4v) is 10.3. The lowest BCUT2D eigenvalue weighted by Gasteiger charge is -2.60. The number of aliphatic hydroxyl groups is 1. The van der Waals surface area contributed by atoms with Gasteiger partial charge in [-0.1, -0.05) is 74.9 Å². The number of amides is 1. The number of carbonyl (C=O) groups is 2. The van der Waals surface area contributed by atoms with E-state index in [4.69, 9.17) is 4.74 Å². The Balaban J connectivity index is 1.25. The van der Waals surface area contributed by atoms with Gasteiger partial charge in [0.25, 0.3) is 0 Å². The number of ketones is 1. The Morgan fingerprint density at radius 1 is 1.02 bits per heavy atom.